The minimum absolute atomic E-state index is 0.154. The molecule has 2 atom stereocenters. The summed E-state index contributed by atoms with van der Waals surface area (Å²) in [6.07, 6.45) is 2.10. The van der Waals surface area contributed by atoms with Crippen molar-refractivity contribution < 1.29 is 9.90 Å². The van der Waals surface area contributed by atoms with E-state index in [-0.39, 0.29) is 16.9 Å². The summed E-state index contributed by atoms with van der Waals surface area (Å²) in [4.78, 5) is 14.2. The number of carbonyl (C=O) groups excluding carboxylic acids is 1. The van der Waals surface area contributed by atoms with Gasteiger partial charge in [-0.3, -0.25) is 0 Å². The molecule has 1 heterocycles. The summed E-state index contributed by atoms with van der Waals surface area (Å²) in [7, 11) is 0. The number of aliphatic hydroxyl groups excluding tert-OH is 1. The second kappa shape index (κ2) is 9.17. The lowest BCUT2D eigenvalue weighted by atomic mass is 10.1. The third-order valence-electron chi connectivity index (χ3n) is 4.29. The second-order valence-corrected chi connectivity index (χ2v) is 8.33. The van der Waals surface area contributed by atoms with Gasteiger partial charge in [0.1, 0.15) is 6.10 Å². The van der Waals surface area contributed by atoms with Gasteiger partial charge in [-0.2, -0.15) is 0 Å². The molecule has 0 spiro atoms. The summed E-state index contributed by atoms with van der Waals surface area (Å²) in [5, 5.41) is 13.4. The van der Waals surface area contributed by atoms with Crippen LogP contribution in [0.15, 0.2) is 30.3 Å². The van der Waals surface area contributed by atoms with Crippen molar-refractivity contribution in [2.45, 2.75) is 63.6 Å². The molecule has 2 N–H and O–H groups in total. The van der Waals surface area contributed by atoms with E-state index >= 15 is 0 Å². The summed E-state index contributed by atoms with van der Waals surface area (Å²) >= 11 is 1.68. The quantitative estimate of drug-likeness (QED) is 0.623. The molecule has 4 nitrogen and oxygen atoms in total. The maximum absolute atomic E-state index is 12.8. The smallest absolute Gasteiger partial charge is 0.319 e. The van der Waals surface area contributed by atoms with Gasteiger partial charge in [-0.05, 0) is 25.8 Å². The number of thioether (sulfide) groups is 1. The molecule has 0 aromatic heterocycles. The molecular formula is C20H28N2O2S. The molecule has 0 saturated carbocycles. The zero-order valence-electron chi connectivity index (χ0n) is 15.3. The monoisotopic (exact) mass is 360 g/mol. The lowest BCUT2D eigenvalue weighted by Gasteiger charge is -2.35. The minimum atomic E-state index is -0.811. The third-order valence-corrected chi connectivity index (χ3v) is 5.71. The molecule has 0 bridgehead atoms. The first-order valence-corrected chi connectivity index (χ1v) is 9.85. The van der Waals surface area contributed by atoms with Crippen LogP contribution in [0.3, 0.4) is 0 Å². The summed E-state index contributed by atoms with van der Waals surface area (Å²) in [5.41, 5.74) is 1.05. The Kier molecular flexibility index (Phi) is 7.22. The van der Waals surface area contributed by atoms with Crippen LogP contribution in [-0.4, -0.2) is 38.8 Å². The molecule has 1 aromatic carbocycles. The molecule has 0 radical (unpaired) electrons. The molecule has 136 valence electrons. The average Bonchev–Trinajstić information content (AvgIpc) is 2.92. The lowest BCUT2D eigenvalue weighted by Crippen LogP contribution is -2.54. The van der Waals surface area contributed by atoms with Crippen LogP contribution in [0.5, 0.6) is 0 Å². The highest BCUT2D eigenvalue weighted by Gasteiger charge is 2.45. The molecule has 0 aliphatic carbocycles. The number of unbranched alkanes of at least 4 members (excludes halogenated alkanes) is 2. The molecule has 2 amide bonds. The van der Waals surface area contributed by atoms with Gasteiger partial charge in [0.25, 0.3) is 0 Å². The van der Waals surface area contributed by atoms with E-state index in [1.807, 2.05) is 44.2 Å². The van der Waals surface area contributed by atoms with Crippen LogP contribution in [0.4, 0.5) is 4.79 Å². The molecule has 0 unspecified atom stereocenters. The third kappa shape index (κ3) is 5.42. The zero-order valence-corrected chi connectivity index (χ0v) is 16.1. The number of amides is 2. The number of urea groups is 1. The van der Waals surface area contributed by atoms with Crippen LogP contribution in [0.1, 0.15) is 45.6 Å². The summed E-state index contributed by atoms with van der Waals surface area (Å²) in [6.45, 7) is 6.61. The van der Waals surface area contributed by atoms with E-state index < -0.39 is 6.10 Å². The number of nitrogens with zero attached hydrogens (tertiary/aromatic N) is 1. The maximum atomic E-state index is 12.8. The van der Waals surface area contributed by atoms with Gasteiger partial charge in [-0.15, -0.1) is 17.7 Å². The number of carbonyl (C=O) groups is 1. The van der Waals surface area contributed by atoms with E-state index in [4.69, 9.17) is 0 Å². The molecule has 2 rings (SSSR count). The van der Waals surface area contributed by atoms with Crippen molar-refractivity contribution in [3.8, 4) is 11.8 Å². The first kappa shape index (κ1) is 19.7. The molecule has 1 aliphatic heterocycles. The van der Waals surface area contributed by atoms with E-state index in [1.54, 1.807) is 16.7 Å². The van der Waals surface area contributed by atoms with E-state index in [0.29, 0.717) is 12.3 Å². The van der Waals surface area contributed by atoms with Gasteiger partial charge < -0.3 is 15.3 Å². The van der Waals surface area contributed by atoms with Crippen molar-refractivity contribution in [2.75, 3.05) is 5.75 Å². The predicted molar refractivity (Wildman–Crippen MR) is 104 cm³/mol. The fourth-order valence-electron chi connectivity index (χ4n) is 2.86. The number of hydrogen-bond donors (Lipinski definition) is 2. The van der Waals surface area contributed by atoms with Gasteiger partial charge in [0, 0.05) is 18.7 Å². The summed E-state index contributed by atoms with van der Waals surface area (Å²) in [6, 6.07) is 9.38. The highest BCUT2D eigenvalue weighted by molar-refractivity contribution is 8.00. The van der Waals surface area contributed by atoms with Crippen LogP contribution in [0, 0.1) is 11.8 Å². The summed E-state index contributed by atoms with van der Waals surface area (Å²) in [5.74, 6) is 6.66. The van der Waals surface area contributed by atoms with Crippen LogP contribution in [0.25, 0.3) is 0 Å². The molecular weight excluding hydrogens is 332 g/mol. The molecule has 1 aliphatic rings. The first-order chi connectivity index (χ1) is 12.0. The standard InChI is InChI=1S/C20H28N2O2S/c1-4-5-6-10-13-18(23)17-15-25-20(2,3)22(17)19(24)21-14-16-11-8-7-9-12-16/h7-9,11-12,17-18,23H,4-6,14-15H2,1-3H3,(H,21,24)/t17-,18-/m0/s1. The van der Waals surface area contributed by atoms with Gasteiger partial charge >= 0.3 is 6.03 Å². The highest BCUT2D eigenvalue weighted by Crippen LogP contribution is 2.39. The molecule has 1 fully saturated rings. The second-order valence-electron chi connectivity index (χ2n) is 6.71. The molecule has 5 heteroatoms. The Bertz CT molecular complexity index is 622. The Morgan fingerprint density at radius 2 is 2.16 bits per heavy atom. The Morgan fingerprint density at radius 1 is 1.44 bits per heavy atom. The van der Waals surface area contributed by atoms with Crippen LogP contribution >= 0.6 is 11.8 Å². The van der Waals surface area contributed by atoms with E-state index in [1.165, 1.54) is 0 Å². The first-order valence-electron chi connectivity index (χ1n) is 8.87. The van der Waals surface area contributed by atoms with Gasteiger partial charge in [-0.1, -0.05) is 49.6 Å². The van der Waals surface area contributed by atoms with Crippen LogP contribution in [-0.2, 0) is 6.54 Å². The normalized spacial score (nSPS) is 19.8. The number of hydrogen-bond acceptors (Lipinski definition) is 3. The number of benzene rings is 1. The average molecular weight is 361 g/mol. The molecule has 25 heavy (non-hydrogen) atoms. The van der Waals surface area contributed by atoms with Crippen molar-refractivity contribution in [1.82, 2.24) is 10.2 Å². The SMILES string of the molecule is CCCCC#C[C@H](O)[C@@H]1CSC(C)(C)N1C(=O)NCc1ccccc1. The number of nitrogens with one attached hydrogen (secondary N) is 1. The molecule has 1 aromatic rings. The van der Waals surface area contributed by atoms with Crippen LogP contribution < -0.4 is 5.32 Å². The Labute approximate surface area is 155 Å². The van der Waals surface area contributed by atoms with Gasteiger partial charge in [0.2, 0.25) is 0 Å². The fraction of sp³-hybridized carbons (Fsp3) is 0.550. The topological polar surface area (TPSA) is 52.6 Å². The van der Waals surface area contributed by atoms with E-state index in [9.17, 15) is 9.90 Å². The largest absolute Gasteiger partial charge is 0.378 e. The van der Waals surface area contributed by atoms with Crippen molar-refractivity contribution in [2.24, 2.45) is 0 Å². The van der Waals surface area contributed by atoms with Crippen molar-refractivity contribution in [3.63, 3.8) is 0 Å². The minimum Gasteiger partial charge on any atom is -0.378 e. The van der Waals surface area contributed by atoms with Crippen molar-refractivity contribution in [3.05, 3.63) is 35.9 Å². The Hall–Kier alpha value is -1.64. The van der Waals surface area contributed by atoms with E-state index in [0.717, 1.165) is 24.8 Å². The lowest BCUT2D eigenvalue weighted by molar-refractivity contribution is 0.0948. The van der Waals surface area contributed by atoms with Gasteiger partial charge in [0.05, 0.1) is 10.9 Å². The predicted octanol–water partition coefficient (Wildman–Crippen LogP) is 3.60. The molecule has 1 saturated heterocycles. The maximum Gasteiger partial charge on any atom is 0.319 e. The van der Waals surface area contributed by atoms with Crippen molar-refractivity contribution in [1.29, 1.82) is 0 Å². The Balaban J connectivity index is 2.02. The van der Waals surface area contributed by atoms with Crippen LogP contribution in [0.2, 0.25) is 0 Å². The van der Waals surface area contributed by atoms with E-state index in [2.05, 4.69) is 24.1 Å². The highest BCUT2D eigenvalue weighted by atomic mass is 32.2. The van der Waals surface area contributed by atoms with Gasteiger partial charge in [-0.25, -0.2) is 4.79 Å². The summed E-state index contributed by atoms with van der Waals surface area (Å²) < 4.78 is 0. The number of rotatable bonds is 5. The number of aliphatic hydroxyl groups is 1. The van der Waals surface area contributed by atoms with Gasteiger partial charge in [0.15, 0.2) is 0 Å². The van der Waals surface area contributed by atoms with Crippen molar-refractivity contribution >= 4 is 17.8 Å². The zero-order chi connectivity index (χ0) is 18.3. The fourth-order valence-corrected chi connectivity index (χ4v) is 4.12. The Morgan fingerprint density at radius 3 is 2.84 bits per heavy atom.